The topological polar surface area (TPSA) is 38.1 Å². The van der Waals surface area contributed by atoms with E-state index in [0.29, 0.717) is 0 Å². The third-order valence-electron chi connectivity index (χ3n) is 2.49. The monoisotopic (exact) mass is 203 g/mol. The van der Waals surface area contributed by atoms with E-state index in [2.05, 4.69) is 4.98 Å². The van der Waals surface area contributed by atoms with Crippen molar-refractivity contribution in [3.8, 4) is 0 Å². The van der Waals surface area contributed by atoms with E-state index in [-0.39, 0.29) is 5.69 Å². The molecule has 4 heteroatoms. The molecule has 1 aromatic heterocycles. The highest BCUT2D eigenvalue weighted by Crippen LogP contribution is 2.18. The van der Waals surface area contributed by atoms with Crippen LogP contribution in [-0.2, 0) is 7.05 Å². The number of aryl methyl sites for hydroxylation is 1. The Morgan fingerprint density at radius 2 is 2.07 bits per heavy atom. The van der Waals surface area contributed by atoms with Crippen molar-refractivity contribution in [3.63, 3.8) is 0 Å². The summed E-state index contributed by atoms with van der Waals surface area (Å²) >= 11 is 0. The second kappa shape index (κ2) is 3.38. The molecular formula is C11H13N3O. The van der Waals surface area contributed by atoms with Gasteiger partial charge in [-0.1, -0.05) is 0 Å². The van der Waals surface area contributed by atoms with Gasteiger partial charge in [0, 0.05) is 38.4 Å². The van der Waals surface area contributed by atoms with Crippen LogP contribution in [0.15, 0.2) is 29.2 Å². The number of nitrogens with zero attached hydrogens (tertiary/aromatic N) is 3. The van der Waals surface area contributed by atoms with E-state index in [1.165, 1.54) is 0 Å². The van der Waals surface area contributed by atoms with Crippen LogP contribution in [0, 0.1) is 0 Å². The van der Waals surface area contributed by atoms with Crippen LogP contribution in [0.4, 0.5) is 5.69 Å². The van der Waals surface area contributed by atoms with Gasteiger partial charge in [0.2, 0.25) is 0 Å². The van der Waals surface area contributed by atoms with Gasteiger partial charge >= 0.3 is 5.69 Å². The van der Waals surface area contributed by atoms with E-state index in [0.717, 1.165) is 16.6 Å². The summed E-state index contributed by atoms with van der Waals surface area (Å²) in [7, 11) is 5.68. The van der Waals surface area contributed by atoms with Crippen LogP contribution in [0.5, 0.6) is 0 Å². The van der Waals surface area contributed by atoms with E-state index < -0.39 is 0 Å². The van der Waals surface area contributed by atoms with Gasteiger partial charge in [-0.2, -0.15) is 0 Å². The van der Waals surface area contributed by atoms with Gasteiger partial charge in [-0.25, -0.2) is 9.78 Å². The van der Waals surface area contributed by atoms with E-state index >= 15 is 0 Å². The van der Waals surface area contributed by atoms with Gasteiger partial charge in [0.25, 0.3) is 0 Å². The minimum atomic E-state index is -0.224. The Hall–Kier alpha value is -1.84. The van der Waals surface area contributed by atoms with Crippen molar-refractivity contribution in [2.75, 3.05) is 19.0 Å². The lowest BCUT2D eigenvalue weighted by molar-refractivity contribution is 0.852. The predicted molar refractivity (Wildman–Crippen MR) is 61.3 cm³/mol. The molecule has 15 heavy (non-hydrogen) atoms. The summed E-state index contributed by atoms with van der Waals surface area (Å²) in [6, 6.07) is 5.96. The maximum Gasteiger partial charge on any atom is 0.347 e. The quantitative estimate of drug-likeness (QED) is 0.694. The molecule has 0 spiro atoms. The van der Waals surface area contributed by atoms with Crippen molar-refractivity contribution >= 4 is 16.6 Å². The van der Waals surface area contributed by atoms with Gasteiger partial charge in [-0.15, -0.1) is 0 Å². The van der Waals surface area contributed by atoms with Crippen LogP contribution in [0.1, 0.15) is 0 Å². The van der Waals surface area contributed by atoms with Gasteiger partial charge in [0.1, 0.15) is 0 Å². The number of benzene rings is 1. The van der Waals surface area contributed by atoms with E-state index in [4.69, 9.17) is 0 Å². The number of aromatic nitrogens is 2. The maximum atomic E-state index is 11.4. The first-order valence-electron chi connectivity index (χ1n) is 4.73. The number of fused-ring (bicyclic) bond motifs is 1. The molecule has 0 N–H and O–H groups in total. The third-order valence-corrected chi connectivity index (χ3v) is 2.49. The highest BCUT2D eigenvalue weighted by Gasteiger charge is 2.02. The fourth-order valence-corrected chi connectivity index (χ4v) is 1.52. The number of hydrogen-bond donors (Lipinski definition) is 0. The molecule has 4 nitrogen and oxygen atoms in total. The Kier molecular flexibility index (Phi) is 2.19. The molecule has 0 amide bonds. The molecule has 0 bridgehead atoms. The van der Waals surface area contributed by atoms with Crippen LogP contribution in [0.3, 0.4) is 0 Å². The normalized spacial score (nSPS) is 10.6. The molecule has 0 unspecified atom stereocenters. The largest absolute Gasteiger partial charge is 0.378 e. The Labute approximate surface area is 87.8 Å². The number of rotatable bonds is 1. The Morgan fingerprint density at radius 3 is 2.73 bits per heavy atom. The van der Waals surface area contributed by atoms with Gasteiger partial charge in [-0.05, 0) is 18.2 Å². The second-order valence-corrected chi connectivity index (χ2v) is 3.74. The van der Waals surface area contributed by atoms with E-state index in [1.807, 2.05) is 37.2 Å². The fraction of sp³-hybridized carbons (Fsp3) is 0.273. The minimum Gasteiger partial charge on any atom is -0.378 e. The van der Waals surface area contributed by atoms with Gasteiger partial charge in [0.05, 0.1) is 5.52 Å². The molecule has 0 atom stereocenters. The van der Waals surface area contributed by atoms with Gasteiger partial charge < -0.3 is 4.90 Å². The summed E-state index contributed by atoms with van der Waals surface area (Å²) in [4.78, 5) is 17.1. The first-order valence-corrected chi connectivity index (χ1v) is 4.73. The highest BCUT2D eigenvalue weighted by molar-refractivity contribution is 5.81. The molecule has 0 aliphatic carbocycles. The molecule has 0 saturated heterocycles. The van der Waals surface area contributed by atoms with Crippen molar-refractivity contribution in [1.29, 1.82) is 0 Å². The van der Waals surface area contributed by atoms with Crippen LogP contribution >= 0.6 is 0 Å². The van der Waals surface area contributed by atoms with Crippen molar-refractivity contribution in [2.45, 2.75) is 0 Å². The summed E-state index contributed by atoms with van der Waals surface area (Å²) in [5.41, 5.74) is 1.75. The summed E-state index contributed by atoms with van der Waals surface area (Å²) in [6.45, 7) is 0. The molecule has 0 aliphatic rings. The number of anilines is 1. The summed E-state index contributed by atoms with van der Waals surface area (Å²) in [5, 5.41) is 0.975. The van der Waals surface area contributed by atoms with Crippen molar-refractivity contribution in [1.82, 2.24) is 9.55 Å². The lowest BCUT2D eigenvalue weighted by atomic mass is 10.2. The molecular weight excluding hydrogens is 190 g/mol. The standard InChI is InChI=1S/C11H13N3O/c1-13(2)9-5-4-8-7-12-11(15)14(3)10(8)6-9/h4-7H,1-3H3. The summed E-state index contributed by atoms with van der Waals surface area (Å²) in [6.07, 6.45) is 1.61. The first kappa shape index (κ1) is 9.71. The van der Waals surface area contributed by atoms with Crippen LogP contribution in [-0.4, -0.2) is 23.6 Å². The lowest BCUT2D eigenvalue weighted by Crippen LogP contribution is -2.19. The molecule has 0 saturated carbocycles. The SMILES string of the molecule is CN(C)c1ccc2cnc(=O)n(C)c2c1. The summed E-state index contributed by atoms with van der Waals surface area (Å²) < 4.78 is 1.56. The zero-order valence-corrected chi connectivity index (χ0v) is 9.06. The van der Waals surface area contributed by atoms with Crippen LogP contribution in [0.25, 0.3) is 10.9 Å². The fourth-order valence-electron chi connectivity index (χ4n) is 1.52. The second-order valence-electron chi connectivity index (χ2n) is 3.74. The Balaban J connectivity index is 2.79. The van der Waals surface area contributed by atoms with Crippen molar-refractivity contribution in [2.24, 2.45) is 7.05 Å². The molecule has 78 valence electrons. The van der Waals surface area contributed by atoms with Gasteiger partial charge in [-0.3, -0.25) is 4.57 Å². The van der Waals surface area contributed by atoms with Crippen LogP contribution < -0.4 is 10.6 Å². The molecule has 1 heterocycles. The molecule has 0 radical (unpaired) electrons. The predicted octanol–water partition coefficient (Wildman–Crippen LogP) is 0.999. The summed E-state index contributed by atoms with van der Waals surface area (Å²) in [5.74, 6) is 0. The highest BCUT2D eigenvalue weighted by atomic mass is 16.1. The Bertz CT molecular complexity index is 557. The first-order chi connectivity index (χ1) is 7.09. The lowest BCUT2D eigenvalue weighted by Gasteiger charge is -2.13. The molecule has 0 aliphatic heterocycles. The third kappa shape index (κ3) is 1.58. The number of hydrogen-bond acceptors (Lipinski definition) is 3. The minimum absolute atomic E-state index is 0.224. The smallest absolute Gasteiger partial charge is 0.347 e. The zero-order chi connectivity index (χ0) is 11.0. The Morgan fingerprint density at radius 1 is 1.33 bits per heavy atom. The van der Waals surface area contributed by atoms with E-state index in [9.17, 15) is 4.79 Å². The van der Waals surface area contributed by atoms with E-state index in [1.54, 1.807) is 17.8 Å². The van der Waals surface area contributed by atoms with Crippen molar-refractivity contribution < 1.29 is 0 Å². The van der Waals surface area contributed by atoms with Crippen LogP contribution in [0.2, 0.25) is 0 Å². The molecule has 2 aromatic rings. The average molecular weight is 203 g/mol. The van der Waals surface area contributed by atoms with Crippen molar-refractivity contribution in [3.05, 3.63) is 34.9 Å². The molecule has 1 aromatic carbocycles. The average Bonchev–Trinajstić information content (AvgIpc) is 2.23. The van der Waals surface area contributed by atoms with Gasteiger partial charge in [0.15, 0.2) is 0 Å². The molecule has 2 rings (SSSR count). The molecule has 0 fully saturated rings. The zero-order valence-electron chi connectivity index (χ0n) is 9.06. The maximum absolute atomic E-state index is 11.4.